The Morgan fingerprint density at radius 3 is 2.65 bits per heavy atom. The van der Waals surface area contributed by atoms with Crippen molar-refractivity contribution < 1.29 is 14.2 Å². The zero-order chi connectivity index (χ0) is 14.8. The van der Waals surface area contributed by atoms with Crippen molar-refractivity contribution in [1.29, 1.82) is 0 Å². The first-order valence-corrected chi connectivity index (χ1v) is 7.17. The maximum atomic E-state index is 5.68. The van der Waals surface area contributed by atoms with Gasteiger partial charge in [-0.1, -0.05) is 24.6 Å². The minimum absolute atomic E-state index is 0.140. The predicted molar refractivity (Wildman–Crippen MR) is 81.5 cm³/mol. The highest BCUT2D eigenvalue weighted by Crippen LogP contribution is 2.26. The molecule has 0 aromatic heterocycles. The summed E-state index contributed by atoms with van der Waals surface area (Å²) >= 11 is 0. The standard InChI is InChI=1S/C16H27NO3/c1-5-8-17-15(12-20-10-9-18-3)14-11-13(2)6-7-16(14)19-4/h6-7,11,15,17H,5,8-10,12H2,1-4H3. The fourth-order valence-corrected chi connectivity index (χ4v) is 2.05. The van der Waals surface area contributed by atoms with Gasteiger partial charge in [0.25, 0.3) is 0 Å². The van der Waals surface area contributed by atoms with Gasteiger partial charge in [-0.05, 0) is 26.0 Å². The summed E-state index contributed by atoms with van der Waals surface area (Å²) in [6.45, 7) is 7.04. The van der Waals surface area contributed by atoms with Gasteiger partial charge in [-0.25, -0.2) is 0 Å². The monoisotopic (exact) mass is 281 g/mol. The van der Waals surface area contributed by atoms with Crippen molar-refractivity contribution in [3.05, 3.63) is 29.3 Å². The van der Waals surface area contributed by atoms with Gasteiger partial charge in [0.15, 0.2) is 0 Å². The Hall–Kier alpha value is -1.10. The van der Waals surface area contributed by atoms with Crippen LogP contribution < -0.4 is 10.1 Å². The van der Waals surface area contributed by atoms with E-state index in [4.69, 9.17) is 14.2 Å². The Morgan fingerprint density at radius 2 is 2.00 bits per heavy atom. The van der Waals surface area contributed by atoms with E-state index in [2.05, 4.69) is 31.3 Å². The molecule has 1 unspecified atom stereocenters. The molecule has 4 nitrogen and oxygen atoms in total. The van der Waals surface area contributed by atoms with Crippen LogP contribution in [0.1, 0.15) is 30.5 Å². The van der Waals surface area contributed by atoms with E-state index < -0.39 is 0 Å². The highest BCUT2D eigenvalue weighted by molar-refractivity contribution is 5.39. The Balaban J connectivity index is 2.77. The third kappa shape index (κ3) is 5.49. The summed E-state index contributed by atoms with van der Waals surface area (Å²) in [5.74, 6) is 0.902. The van der Waals surface area contributed by atoms with Gasteiger partial charge >= 0.3 is 0 Å². The molecule has 1 aromatic carbocycles. The molecular weight excluding hydrogens is 254 g/mol. The number of methoxy groups -OCH3 is 2. The second kappa shape index (κ2) is 9.75. The minimum atomic E-state index is 0.140. The number of nitrogens with one attached hydrogen (secondary N) is 1. The summed E-state index contributed by atoms with van der Waals surface area (Å²) in [6.07, 6.45) is 1.09. The number of aryl methyl sites for hydroxylation is 1. The summed E-state index contributed by atoms with van der Waals surface area (Å²) in [7, 11) is 3.39. The molecule has 20 heavy (non-hydrogen) atoms. The van der Waals surface area contributed by atoms with Gasteiger partial charge in [0.05, 0.1) is 33.0 Å². The van der Waals surface area contributed by atoms with Gasteiger partial charge in [0.1, 0.15) is 5.75 Å². The topological polar surface area (TPSA) is 39.7 Å². The van der Waals surface area contributed by atoms with Crippen LogP contribution in [0.3, 0.4) is 0 Å². The summed E-state index contributed by atoms with van der Waals surface area (Å²) in [6, 6.07) is 6.37. The number of rotatable bonds is 10. The molecule has 0 bridgehead atoms. The van der Waals surface area contributed by atoms with E-state index in [9.17, 15) is 0 Å². The van der Waals surface area contributed by atoms with Crippen LogP contribution in [0.2, 0.25) is 0 Å². The largest absolute Gasteiger partial charge is 0.496 e. The molecule has 4 heteroatoms. The van der Waals surface area contributed by atoms with Crippen LogP contribution in [0.15, 0.2) is 18.2 Å². The lowest BCUT2D eigenvalue weighted by molar-refractivity contribution is 0.0582. The normalized spacial score (nSPS) is 12.4. The fourth-order valence-electron chi connectivity index (χ4n) is 2.05. The lowest BCUT2D eigenvalue weighted by atomic mass is 10.0. The minimum Gasteiger partial charge on any atom is -0.496 e. The van der Waals surface area contributed by atoms with E-state index in [1.807, 2.05) is 6.07 Å². The van der Waals surface area contributed by atoms with Crippen molar-refractivity contribution in [2.24, 2.45) is 0 Å². The van der Waals surface area contributed by atoms with Gasteiger partial charge in [0.2, 0.25) is 0 Å². The van der Waals surface area contributed by atoms with Gasteiger partial charge in [-0.3, -0.25) is 0 Å². The van der Waals surface area contributed by atoms with E-state index in [1.165, 1.54) is 5.56 Å². The number of hydrogen-bond donors (Lipinski definition) is 1. The van der Waals surface area contributed by atoms with Crippen molar-refractivity contribution in [2.45, 2.75) is 26.3 Å². The Kier molecular flexibility index (Phi) is 8.26. The third-order valence-electron chi connectivity index (χ3n) is 3.12. The average molecular weight is 281 g/mol. The van der Waals surface area contributed by atoms with Crippen molar-refractivity contribution >= 4 is 0 Å². The quantitative estimate of drug-likeness (QED) is 0.669. The number of benzene rings is 1. The molecule has 1 aromatic rings. The molecule has 0 radical (unpaired) electrons. The second-order valence-corrected chi connectivity index (χ2v) is 4.82. The first-order valence-electron chi connectivity index (χ1n) is 7.17. The number of ether oxygens (including phenoxy) is 3. The van der Waals surface area contributed by atoms with E-state index >= 15 is 0 Å². The second-order valence-electron chi connectivity index (χ2n) is 4.82. The zero-order valence-corrected chi connectivity index (χ0v) is 13.1. The Morgan fingerprint density at radius 1 is 1.20 bits per heavy atom. The van der Waals surface area contributed by atoms with Crippen LogP contribution in [0.4, 0.5) is 0 Å². The molecule has 0 amide bonds. The molecule has 1 N–H and O–H groups in total. The molecule has 0 aliphatic carbocycles. The summed E-state index contributed by atoms with van der Waals surface area (Å²) in [5.41, 5.74) is 2.37. The molecule has 0 saturated heterocycles. The van der Waals surface area contributed by atoms with Crippen LogP contribution in [-0.2, 0) is 9.47 Å². The Labute approximate surface area is 122 Å². The summed E-state index contributed by atoms with van der Waals surface area (Å²) in [5, 5.41) is 3.52. The molecule has 0 saturated carbocycles. The van der Waals surface area contributed by atoms with Crippen molar-refractivity contribution in [2.75, 3.05) is 40.6 Å². The highest BCUT2D eigenvalue weighted by Gasteiger charge is 2.16. The lowest BCUT2D eigenvalue weighted by Crippen LogP contribution is -2.27. The zero-order valence-electron chi connectivity index (χ0n) is 13.1. The fraction of sp³-hybridized carbons (Fsp3) is 0.625. The van der Waals surface area contributed by atoms with E-state index in [1.54, 1.807) is 14.2 Å². The lowest BCUT2D eigenvalue weighted by Gasteiger charge is -2.21. The van der Waals surface area contributed by atoms with Gasteiger partial charge in [-0.2, -0.15) is 0 Å². The smallest absolute Gasteiger partial charge is 0.123 e. The van der Waals surface area contributed by atoms with Crippen LogP contribution in [0, 0.1) is 6.92 Å². The number of hydrogen-bond acceptors (Lipinski definition) is 4. The van der Waals surface area contributed by atoms with Crippen LogP contribution in [-0.4, -0.2) is 40.6 Å². The predicted octanol–water partition coefficient (Wildman–Crippen LogP) is 2.71. The van der Waals surface area contributed by atoms with Gasteiger partial charge in [-0.15, -0.1) is 0 Å². The molecule has 0 spiro atoms. The molecule has 1 atom stereocenters. The molecule has 114 valence electrons. The third-order valence-corrected chi connectivity index (χ3v) is 3.12. The van der Waals surface area contributed by atoms with Crippen molar-refractivity contribution in [3.63, 3.8) is 0 Å². The first kappa shape index (κ1) is 17.0. The van der Waals surface area contributed by atoms with Gasteiger partial charge < -0.3 is 19.5 Å². The summed E-state index contributed by atoms with van der Waals surface area (Å²) in [4.78, 5) is 0. The average Bonchev–Trinajstić information content (AvgIpc) is 2.46. The maximum Gasteiger partial charge on any atom is 0.123 e. The van der Waals surface area contributed by atoms with Crippen LogP contribution in [0.25, 0.3) is 0 Å². The van der Waals surface area contributed by atoms with Crippen molar-refractivity contribution in [3.8, 4) is 5.75 Å². The molecule has 0 aliphatic rings. The van der Waals surface area contributed by atoms with Gasteiger partial charge in [0, 0.05) is 12.7 Å². The summed E-state index contributed by atoms with van der Waals surface area (Å²) < 4.78 is 16.2. The Bertz CT molecular complexity index is 382. The van der Waals surface area contributed by atoms with E-state index in [-0.39, 0.29) is 6.04 Å². The SMILES string of the molecule is CCCNC(COCCOC)c1cc(C)ccc1OC. The van der Waals surface area contributed by atoms with E-state index in [0.29, 0.717) is 19.8 Å². The van der Waals surface area contributed by atoms with Crippen LogP contribution in [0.5, 0.6) is 5.75 Å². The first-order chi connectivity index (χ1) is 9.72. The van der Waals surface area contributed by atoms with Crippen molar-refractivity contribution in [1.82, 2.24) is 5.32 Å². The molecule has 0 fully saturated rings. The van der Waals surface area contributed by atoms with E-state index in [0.717, 1.165) is 24.3 Å². The maximum absolute atomic E-state index is 5.68. The molecule has 0 aliphatic heterocycles. The molecular formula is C16H27NO3. The highest BCUT2D eigenvalue weighted by atomic mass is 16.5. The molecule has 1 rings (SSSR count). The van der Waals surface area contributed by atoms with Crippen LogP contribution >= 0.6 is 0 Å². The molecule has 0 heterocycles.